The van der Waals surface area contributed by atoms with Crippen molar-refractivity contribution in [2.24, 2.45) is 5.92 Å². The Hall–Kier alpha value is 0.1000. The summed E-state index contributed by atoms with van der Waals surface area (Å²) in [6, 6.07) is 5.07. The lowest BCUT2D eigenvalue weighted by Gasteiger charge is -2.27. The van der Waals surface area contributed by atoms with Crippen molar-refractivity contribution in [3.63, 3.8) is 0 Å². The number of hydrogen-bond donors (Lipinski definition) is 1. The van der Waals surface area contributed by atoms with Crippen LogP contribution in [0.1, 0.15) is 31.6 Å². The molecule has 2 heterocycles. The Kier molecular flexibility index (Phi) is 6.33. The minimum Gasteiger partial charge on any atom is -0.312 e. The van der Waals surface area contributed by atoms with Gasteiger partial charge in [-0.1, -0.05) is 20.3 Å². The number of nitrogens with zero attached hydrogens (tertiary/aromatic N) is 1. The van der Waals surface area contributed by atoms with Gasteiger partial charge in [-0.25, -0.2) is 0 Å². The van der Waals surface area contributed by atoms with Crippen molar-refractivity contribution in [3.05, 3.63) is 20.8 Å². The van der Waals surface area contributed by atoms with Crippen LogP contribution in [0.2, 0.25) is 0 Å². The highest BCUT2D eigenvalue weighted by Gasteiger charge is 2.21. The van der Waals surface area contributed by atoms with E-state index in [2.05, 4.69) is 52.1 Å². The largest absolute Gasteiger partial charge is 0.312 e. The first-order chi connectivity index (χ1) is 9.19. The smallest absolute Gasteiger partial charge is 0.0701 e. The molecule has 1 saturated heterocycles. The molecule has 0 amide bonds. The third kappa shape index (κ3) is 4.85. The normalized spacial score (nSPS) is 23.2. The second kappa shape index (κ2) is 7.77. The first kappa shape index (κ1) is 15.5. The van der Waals surface area contributed by atoms with Gasteiger partial charge < -0.3 is 10.2 Å². The second-order valence-corrected chi connectivity index (χ2v) is 8.10. The fourth-order valence-electron chi connectivity index (χ4n) is 2.65. The highest BCUT2D eigenvalue weighted by molar-refractivity contribution is 9.11. The van der Waals surface area contributed by atoms with Crippen molar-refractivity contribution in [2.75, 3.05) is 26.2 Å². The molecule has 1 aromatic heterocycles. The van der Waals surface area contributed by atoms with Crippen LogP contribution in [0.25, 0.3) is 0 Å². The molecule has 0 radical (unpaired) electrons. The van der Waals surface area contributed by atoms with Gasteiger partial charge >= 0.3 is 0 Å². The number of hydrogen-bond acceptors (Lipinski definition) is 3. The van der Waals surface area contributed by atoms with Crippen LogP contribution in [0.3, 0.4) is 0 Å². The molecule has 4 heteroatoms. The van der Waals surface area contributed by atoms with Gasteiger partial charge in [-0.2, -0.15) is 0 Å². The van der Waals surface area contributed by atoms with Gasteiger partial charge in [0.2, 0.25) is 0 Å². The van der Waals surface area contributed by atoms with Gasteiger partial charge in [0, 0.05) is 24.0 Å². The second-order valence-electron chi connectivity index (χ2n) is 5.56. The molecule has 2 nitrogen and oxygen atoms in total. The van der Waals surface area contributed by atoms with Gasteiger partial charge in [0.25, 0.3) is 0 Å². The molecule has 0 saturated carbocycles. The maximum absolute atomic E-state index is 3.72. The van der Waals surface area contributed by atoms with Crippen molar-refractivity contribution in [2.45, 2.75) is 39.2 Å². The summed E-state index contributed by atoms with van der Waals surface area (Å²) in [5.74, 6) is 0.775. The molecule has 1 N–H and O–H groups in total. The predicted molar refractivity (Wildman–Crippen MR) is 88.0 cm³/mol. The molecule has 1 aromatic rings. The van der Waals surface area contributed by atoms with Crippen LogP contribution in [0.5, 0.6) is 0 Å². The van der Waals surface area contributed by atoms with E-state index >= 15 is 0 Å². The number of halogens is 1. The van der Waals surface area contributed by atoms with Crippen LogP contribution < -0.4 is 5.32 Å². The van der Waals surface area contributed by atoms with Crippen LogP contribution in [0.4, 0.5) is 0 Å². The summed E-state index contributed by atoms with van der Waals surface area (Å²) in [7, 11) is 0. The SMILES string of the molecule is CCC(C)C1CN(CCc2ccc(Br)s2)CCCN1. The van der Waals surface area contributed by atoms with Crippen molar-refractivity contribution >= 4 is 27.3 Å². The van der Waals surface area contributed by atoms with Gasteiger partial charge in [0.1, 0.15) is 0 Å². The summed E-state index contributed by atoms with van der Waals surface area (Å²) in [5.41, 5.74) is 0. The Bertz CT molecular complexity index is 380. The van der Waals surface area contributed by atoms with Gasteiger partial charge in [0.15, 0.2) is 0 Å². The van der Waals surface area contributed by atoms with Crippen LogP contribution in [-0.2, 0) is 6.42 Å². The summed E-state index contributed by atoms with van der Waals surface area (Å²) < 4.78 is 1.25. The van der Waals surface area contributed by atoms with E-state index in [0.717, 1.165) is 5.92 Å². The number of nitrogens with one attached hydrogen (secondary N) is 1. The monoisotopic (exact) mass is 344 g/mol. The zero-order chi connectivity index (χ0) is 13.7. The lowest BCUT2D eigenvalue weighted by molar-refractivity contribution is 0.241. The van der Waals surface area contributed by atoms with E-state index in [-0.39, 0.29) is 0 Å². The average molecular weight is 345 g/mol. The molecule has 2 rings (SSSR count). The third-order valence-corrected chi connectivity index (χ3v) is 5.83. The maximum atomic E-state index is 3.72. The van der Waals surface area contributed by atoms with E-state index in [0.29, 0.717) is 6.04 Å². The minimum atomic E-state index is 0.669. The summed E-state index contributed by atoms with van der Waals surface area (Å²) in [6.45, 7) is 9.49. The molecular formula is C15H25BrN2S. The van der Waals surface area contributed by atoms with E-state index in [9.17, 15) is 0 Å². The van der Waals surface area contributed by atoms with E-state index in [1.54, 1.807) is 0 Å². The molecule has 0 spiro atoms. The molecule has 0 bridgehead atoms. The fourth-order valence-corrected chi connectivity index (χ4v) is 4.12. The molecule has 1 fully saturated rings. The van der Waals surface area contributed by atoms with Crippen LogP contribution in [0.15, 0.2) is 15.9 Å². The van der Waals surface area contributed by atoms with Gasteiger partial charge in [0.05, 0.1) is 3.79 Å². The van der Waals surface area contributed by atoms with Crippen LogP contribution >= 0.6 is 27.3 Å². The lowest BCUT2D eigenvalue weighted by atomic mass is 9.99. The summed E-state index contributed by atoms with van der Waals surface area (Å²) in [6.07, 6.45) is 3.73. The van der Waals surface area contributed by atoms with Crippen molar-refractivity contribution < 1.29 is 0 Å². The fraction of sp³-hybridized carbons (Fsp3) is 0.733. The van der Waals surface area contributed by atoms with Crippen LogP contribution in [0, 0.1) is 5.92 Å². The topological polar surface area (TPSA) is 15.3 Å². The molecule has 1 aliphatic heterocycles. The Balaban J connectivity index is 1.84. The quantitative estimate of drug-likeness (QED) is 0.874. The first-order valence-electron chi connectivity index (χ1n) is 7.39. The third-order valence-electron chi connectivity index (χ3n) is 4.15. The van der Waals surface area contributed by atoms with Crippen molar-refractivity contribution in [1.82, 2.24) is 10.2 Å². The average Bonchev–Trinajstić information content (AvgIpc) is 2.69. The van der Waals surface area contributed by atoms with Crippen molar-refractivity contribution in [1.29, 1.82) is 0 Å². The Morgan fingerprint density at radius 3 is 3.05 bits per heavy atom. The van der Waals surface area contributed by atoms with E-state index in [4.69, 9.17) is 0 Å². The predicted octanol–water partition coefficient (Wildman–Crippen LogP) is 3.76. The maximum Gasteiger partial charge on any atom is 0.0701 e. The Morgan fingerprint density at radius 1 is 1.53 bits per heavy atom. The summed E-state index contributed by atoms with van der Waals surface area (Å²) >= 11 is 5.41. The summed E-state index contributed by atoms with van der Waals surface area (Å²) in [5, 5.41) is 3.72. The Morgan fingerprint density at radius 2 is 2.37 bits per heavy atom. The Labute approximate surface area is 129 Å². The molecule has 19 heavy (non-hydrogen) atoms. The first-order valence-corrected chi connectivity index (χ1v) is 9.00. The number of thiophene rings is 1. The molecule has 1 aliphatic rings. The molecular weight excluding hydrogens is 320 g/mol. The van der Waals surface area contributed by atoms with Gasteiger partial charge in [-0.3, -0.25) is 0 Å². The summed E-state index contributed by atoms with van der Waals surface area (Å²) in [4.78, 5) is 4.13. The molecule has 108 valence electrons. The zero-order valence-corrected chi connectivity index (χ0v) is 14.4. The van der Waals surface area contributed by atoms with Crippen LogP contribution in [-0.4, -0.2) is 37.1 Å². The van der Waals surface area contributed by atoms with Crippen molar-refractivity contribution in [3.8, 4) is 0 Å². The standard InChI is InChI=1S/C15H25BrN2S/c1-3-12(2)14-11-18(9-4-8-17-14)10-7-13-5-6-15(16)19-13/h5-6,12,14,17H,3-4,7-11H2,1-2H3. The van der Waals surface area contributed by atoms with Gasteiger partial charge in [-0.05, 0) is 59.9 Å². The number of rotatable bonds is 5. The van der Waals surface area contributed by atoms with Gasteiger partial charge in [-0.15, -0.1) is 11.3 Å². The molecule has 0 aliphatic carbocycles. The minimum absolute atomic E-state index is 0.669. The van der Waals surface area contributed by atoms with E-state index in [1.807, 2.05) is 11.3 Å². The molecule has 2 unspecified atom stereocenters. The van der Waals surface area contributed by atoms with E-state index in [1.165, 1.54) is 54.1 Å². The lowest BCUT2D eigenvalue weighted by Crippen LogP contribution is -2.42. The molecule has 0 aromatic carbocycles. The zero-order valence-electron chi connectivity index (χ0n) is 12.0. The highest BCUT2D eigenvalue weighted by Crippen LogP contribution is 2.22. The highest BCUT2D eigenvalue weighted by atomic mass is 79.9. The molecule has 2 atom stereocenters. The van der Waals surface area contributed by atoms with E-state index < -0.39 is 0 Å².